The van der Waals surface area contributed by atoms with Crippen LogP contribution in [0.5, 0.6) is 0 Å². The first-order valence-corrected chi connectivity index (χ1v) is 7.32. The molecule has 0 spiro atoms. The molecule has 0 saturated carbocycles. The molecule has 1 aliphatic rings. The standard InChI is InChI=1S/C15H16N2O2S/c1-15(2)13(11-7-4-3-5-8-11)16(18)14(17(15)19)12-9-6-10-20-12/h3-10,14,19H,1-2H3. The largest absolute Gasteiger partial charge is 0.622 e. The Labute approximate surface area is 121 Å². The summed E-state index contributed by atoms with van der Waals surface area (Å²) in [5.74, 6) is 0. The number of hydrogen-bond donors (Lipinski definition) is 1. The average molecular weight is 288 g/mol. The van der Waals surface area contributed by atoms with E-state index in [0.717, 1.165) is 20.2 Å². The van der Waals surface area contributed by atoms with E-state index in [1.165, 1.54) is 11.3 Å². The van der Waals surface area contributed by atoms with Crippen LogP contribution in [0.15, 0.2) is 47.8 Å². The molecule has 2 heterocycles. The number of thiophene rings is 1. The molecular weight excluding hydrogens is 272 g/mol. The second-order valence-corrected chi connectivity index (χ2v) is 6.31. The summed E-state index contributed by atoms with van der Waals surface area (Å²) in [4.78, 5) is 0.835. The van der Waals surface area contributed by atoms with E-state index in [1.807, 2.05) is 61.7 Å². The van der Waals surface area contributed by atoms with Crippen LogP contribution in [0, 0.1) is 5.21 Å². The minimum atomic E-state index is -0.738. The fourth-order valence-corrected chi connectivity index (χ4v) is 3.44. The summed E-state index contributed by atoms with van der Waals surface area (Å²) in [5, 5.41) is 26.2. The van der Waals surface area contributed by atoms with Crippen LogP contribution in [0.3, 0.4) is 0 Å². The molecular formula is C15H16N2O2S. The molecule has 1 atom stereocenters. The summed E-state index contributed by atoms with van der Waals surface area (Å²) in [6.45, 7) is 3.71. The third-order valence-electron chi connectivity index (χ3n) is 3.67. The second kappa shape index (κ2) is 4.70. The molecule has 1 aromatic heterocycles. The van der Waals surface area contributed by atoms with E-state index in [4.69, 9.17) is 0 Å². The summed E-state index contributed by atoms with van der Waals surface area (Å²) < 4.78 is 0.918. The van der Waals surface area contributed by atoms with Crippen LogP contribution in [0.4, 0.5) is 0 Å². The highest BCUT2D eigenvalue weighted by Crippen LogP contribution is 2.38. The predicted octanol–water partition coefficient (Wildman–Crippen LogP) is 3.23. The maximum Gasteiger partial charge on any atom is 0.277 e. The van der Waals surface area contributed by atoms with Gasteiger partial charge in [-0.25, -0.2) is 0 Å². The molecule has 0 bridgehead atoms. The maximum absolute atomic E-state index is 12.7. The molecule has 0 fully saturated rings. The van der Waals surface area contributed by atoms with Gasteiger partial charge in [0.25, 0.3) is 6.17 Å². The second-order valence-electron chi connectivity index (χ2n) is 5.33. The highest BCUT2D eigenvalue weighted by atomic mass is 32.1. The normalized spacial score (nSPS) is 22.4. The lowest BCUT2D eigenvalue weighted by Gasteiger charge is -2.25. The van der Waals surface area contributed by atoms with E-state index in [9.17, 15) is 10.4 Å². The van der Waals surface area contributed by atoms with Crippen molar-refractivity contribution in [3.05, 3.63) is 63.5 Å². The predicted molar refractivity (Wildman–Crippen MR) is 78.9 cm³/mol. The third kappa shape index (κ3) is 1.86. The van der Waals surface area contributed by atoms with Gasteiger partial charge >= 0.3 is 0 Å². The summed E-state index contributed by atoms with van der Waals surface area (Å²) in [6, 6.07) is 13.2. The molecule has 0 amide bonds. The van der Waals surface area contributed by atoms with Crippen molar-refractivity contribution in [2.75, 3.05) is 0 Å². The van der Waals surface area contributed by atoms with Crippen LogP contribution in [0.25, 0.3) is 0 Å². The van der Waals surface area contributed by atoms with E-state index >= 15 is 0 Å². The highest BCUT2D eigenvalue weighted by molar-refractivity contribution is 7.10. The number of hydroxylamine groups is 3. The molecule has 2 aromatic rings. The Kier molecular flexibility index (Phi) is 3.12. The topological polar surface area (TPSA) is 49.5 Å². The zero-order valence-electron chi connectivity index (χ0n) is 11.4. The molecule has 0 saturated heterocycles. The van der Waals surface area contributed by atoms with E-state index in [0.29, 0.717) is 5.71 Å². The first-order chi connectivity index (χ1) is 9.53. The van der Waals surface area contributed by atoms with Gasteiger partial charge in [0.1, 0.15) is 5.54 Å². The number of nitrogens with zero attached hydrogens (tertiary/aromatic N) is 2. The zero-order chi connectivity index (χ0) is 14.3. The molecule has 1 unspecified atom stereocenters. The van der Waals surface area contributed by atoms with Crippen LogP contribution in [-0.2, 0) is 0 Å². The summed E-state index contributed by atoms with van der Waals surface area (Å²) in [7, 11) is 0. The van der Waals surface area contributed by atoms with Crippen molar-refractivity contribution in [1.29, 1.82) is 0 Å². The van der Waals surface area contributed by atoms with Crippen molar-refractivity contribution in [2.24, 2.45) is 0 Å². The molecule has 1 aromatic carbocycles. The van der Waals surface area contributed by atoms with Crippen molar-refractivity contribution in [3.63, 3.8) is 0 Å². The number of benzene rings is 1. The molecule has 1 aliphatic heterocycles. The summed E-state index contributed by atoms with van der Waals surface area (Å²) in [5.41, 5.74) is 0.683. The van der Waals surface area contributed by atoms with Gasteiger partial charge in [0.05, 0.1) is 4.88 Å². The van der Waals surface area contributed by atoms with Gasteiger partial charge in [-0.15, -0.1) is 16.4 Å². The Bertz CT molecular complexity index is 635. The van der Waals surface area contributed by atoms with Crippen LogP contribution in [0.2, 0.25) is 0 Å². The first-order valence-electron chi connectivity index (χ1n) is 6.44. The van der Waals surface area contributed by atoms with E-state index in [2.05, 4.69) is 0 Å². The van der Waals surface area contributed by atoms with E-state index in [-0.39, 0.29) is 0 Å². The monoisotopic (exact) mass is 288 g/mol. The number of hydrogen-bond acceptors (Lipinski definition) is 4. The Hall–Kier alpha value is -1.69. The van der Waals surface area contributed by atoms with Gasteiger partial charge in [-0.1, -0.05) is 24.3 Å². The van der Waals surface area contributed by atoms with Crippen molar-refractivity contribution < 1.29 is 9.95 Å². The van der Waals surface area contributed by atoms with Gasteiger partial charge in [-0.2, -0.15) is 4.74 Å². The van der Waals surface area contributed by atoms with Crippen molar-refractivity contribution in [3.8, 4) is 0 Å². The minimum absolute atomic E-state index is 0.582. The maximum atomic E-state index is 12.7. The van der Waals surface area contributed by atoms with Crippen LogP contribution in [-0.4, -0.2) is 26.3 Å². The first kappa shape index (κ1) is 13.3. The van der Waals surface area contributed by atoms with Gasteiger partial charge in [0.15, 0.2) is 0 Å². The molecule has 3 rings (SSSR count). The fraction of sp³-hybridized carbons (Fsp3) is 0.267. The van der Waals surface area contributed by atoms with Crippen LogP contribution < -0.4 is 0 Å². The third-order valence-corrected chi connectivity index (χ3v) is 4.58. The lowest BCUT2D eigenvalue weighted by molar-refractivity contribution is -0.543. The Balaban J connectivity index is 2.15. The van der Waals surface area contributed by atoms with Crippen molar-refractivity contribution in [1.82, 2.24) is 5.06 Å². The molecule has 0 radical (unpaired) electrons. The number of rotatable bonds is 2. The van der Waals surface area contributed by atoms with E-state index in [1.54, 1.807) is 0 Å². The van der Waals surface area contributed by atoms with Gasteiger partial charge in [0, 0.05) is 5.56 Å². The molecule has 5 heteroatoms. The average Bonchev–Trinajstić information content (AvgIpc) is 2.98. The SMILES string of the molecule is CC1(C)C(c2ccccc2)=[N+]([O-])C(c2cccs2)N1O. The van der Waals surface area contributed by atoms with Crippen molar-refractivity contribution in [2.45, 2.75) is 25.6 Å². The van der Waals surface area contributed by atoms with Gasteiger partial charge in [-0.3, -0.25) is 0 Å². The smallest absolute Gasteiger partial charge is 0.277 e. The molecule has 20 heavy (non-hydrogen) atoms. The Morgan fingerprint density at radius 2 is 1.90 bits per heavy atom. The molecule has 0 aliphatic carbocycles. The summed E-state index contributed by atoms with van der Waals surface area (Å²) >= 11 is 1.47. The minimum Gasteiger partial charge on any atom is -0.622 e. The van der Waals surface area contributed by atoms with E-state index < -0.39 is 11.7 Å². The Morgan fingerprint density at radius 1 is 1.20 bits per heavy atom. The van der Waals surface area contributed by atoms with Gasteiger partial charge in [-0.05, 0) is 37.4 Å². The quantitative estimate of drug-likeness (QED) is 0.682. The molecule has 1 N–H and O–H groups in total. The fourth-order valence-electron chi connectivity index (χ4n) is 2.66. The lowest BCUT2D eigenvalue weighted by atomic mass is 9.93. The Morgan fingerprint density at radius 3 is 2.50 bits per heavy atom. The zero-order valence-corrected chi connectivity index (χ0v) is 12.2. The highest BCUT2D eigenvalue weighted by Gasteiger charge is 2.52. The van der Waals surface area contributed by atoms with Crippen molar-refractivity contribution >= 4 is 17.0 Å². The van der Waals surface area contributed by atoms with Gasteiger partial charge in [0.2, 0.25) is 5.71 Å². The van der Waals surface area contributed by atoms with Gasteiger partial charge < -0.3 is 10.4 Å². The summed E-state index contributed by atoms with van der Waals surface area (Å²) in [6.07, 6.45) is -0.680. The molecule has 4 nitrogen and oxygen atoms in total. The lowest BCUT2D eigenvalue weighted by Crippen LogP contribution is -2.44. The van der Waals surface area contributed by atoms with Crippen LogP contribution >= 0.6 is 11.3 Å². The molecule has 104 valence electrons. The van der Waals surface area contributed by atoms with Crippen LogP contribution in [0.1, 0.15) is 30.5 Å².